The highest BCUT2D eigenvalue weighted by atomic mass is 16.5. The van der Waals surface area contributed by atoms with E-state index in [1.807, 2.05) is 6.92 Å². The van der Waals surface area contributed by atoms with Gasteiger partial charge in [-0.25, -0.2) is 0 Å². The van der Waals surface area contributed by atoms with E-state index in [1.165, 1.54) is 0 Å². The number of nitrogens with one attached hydrogen (secondary N) is 2. The van der Waals surface area contributed by atoms with Crippen molar-refractivity contribution in [3.05, 3.63) is 29.8 Å². The average Bonchev–Trinajstić information content (AvgIpc) is 2.53. The van der Waals surface area contributed by atoms with Crippen LogP contribution in [0.3, 0.4) is 0 Å². The zero-order valence-corrected chi connectivity index (χ0v) is 12.9. The van der Waals surface area contributed by atoms with E-state index in [4.69, 9.17) is 4.74 Å². The van der Waals surface area contributed by atoms with Crippen molar-refractivity contribution >= 4 is 17.5 Å². The van der Waals surface area contributed by atoms with Gasteiger partial charge in [0.25, 0.3) is 5.91 Å². The zero-order chi connectivity index (χ0) is 15.8. The van der Waals surface area contributed by atoms with E-state index < -0.39 is 0 Å². The second-order valence-electron chi connectivity index (χ2n) is 5.27. The van der Waals surface area contributed by atoms with Crippen LogP contribution < -0.4 is 10.6 Å². The molecule has 0 aliphatic carbocycles. The predicted molar refractivity (Wildman–Crippen MR) is 85.0 cm³/mol. The number of hydrogen-bond donors (Lipinski definition) is 2. The highest BCUT2D eigenvalue weighted by Crippen LogP contribution is 2.11. The number of rotatable bonds is 6. The molecule has 0 aromatic heterocycles. The van der Waals surface area contributed by atoms with Crippen molar-refractivity contribution in [1.82, 2.24) is 10.2 Å². The highest BCUT2D eigenvalue weighted by Gasteiger charge is 2.14. The monoisotopic (exact) mass is 305 g/mol. The lowest BCUT2D eigenvalue weighted by atomic mass is 10.2. The molecule has 6 nitrogen and oxygen atoms in total. The maximum atomic E-state index is 12.0. The average molecular weight is 305 g/mol. The van der Waals surface area contributed by atoms with E-state index in [-0.39, 0.29) is 11.8 Å². The molecule has 22 heavy (non-hydrogen) atoms. The maximum absolute atomic E-state index is 12.0. The van der Waals surface area contributed by atoms with Crippen LogP contribution in [0.25, 0.3) is 0 Å². The highest BCUT2D eigenvalue weighted by molar-refractivity contribution is 5.97. The summed E-state index contributed by atoms with van der Waals surface area (Å²) >= 11 is 0. The van der Waals surface area contributed by atoms with Gasteiger partial charge in [0.15, 0.2) is 0 Å². The van der Waals surface area contributed by atoms with Gasteiger partial charge >= 0.3 is 0 Å². The molecule has 0 bridgehead atoms. The Hall–Kier alpha value is -1.92. The summed E-state index contributed by atoms with van der Waals surface area (Å²) in [5.74, 6) is -0.195. The van der Waals surface area contributed by atoms with E-state index in [1.54, 1.807) is 24.3 Å². The van der Waals surface area contributed by atoms with Crippen molar-refractivity contribution < 1.29 is 14.3 Å². The van der Waals surface area contributed by atoms with Gasteiger partial charge in [-0.05, 0) is 24.6 Å². The summed E-state index contributed by atoms with van der Waals surface area (Å²) in [5.41, 5.74) is 1.19. The fourth-order valence-corrected chi connectivity index (χ4v) is 2.24. The maximum Gasteiger partial charge on any atom is 0.251 e. The lowest BCUT2D eigenvalue weighted by Gasteiger charge is -2.25. The number of carbonyl (C=O) groups is 2. The number of benzene rings is 1. The third kappa shape index (κ3) is 5.13. The van der Waals surface area contributed by atoms with Crippen molar-refractivity contribution in [3.8, 4) is 0 Å². The minimum atomic E-state index is -0.119. The van der Waals surface area contributed by atoms with E-state index in [0.717, 1.165) is 19.5 Å². The Bertz CT molecular complexity index is 513. The van der Waals surface area contributed by atoms with Gasteiger partial charge in [0.05, 0.1) is 19.8 Å². The molecule has 0 atom stereocenters. The molecule has 1 saturated heterocycles. The summed E-state index contributed by atoms with van der Waals surface area (Å²) < 4.78 is 5.26. The lowest BCUT2D eigenvalue weighted by molar-refractivity contribution is -0.118. The molecule has 0 radical (unpaired) electrons. The topological polar surface area (TPSA) is 70.7 Å². The van der Waals surface area contributed by atoms with E-state index in [2.05, 4.69) is 15.5 Å². The number of amides is 2. The van der Waals surface area contributed by atoms with Gasteiger partial charge in [-0.3, -0.25) is 14.5 Å². The fraction of sp³-hybridized carbons (Fsp3) is 0.500. The molecular formula is C16H23N3O3. The van der Waals surface area contributed by atoms with E-state index in [9.17, 15) is 9.59 Å². The number of morpholine rings is 1. The first-order chi connectivity index (χ1) is 10.7. The molecule has 1 aliphatic rings. The van der Waals surface area contributed by atoms with E-state index >= 15 is 0 Å². The molecule has 2 rings (SSSR count). The van der Waals surface area contributed by atoms with Crippen LogP contribution >= 0.6 is 0 Å². The summed E-state index contributed by atoms with van der Waals surface area (Å²) in [5, 5.41) is 5.66. The van der Waals surface area contributed by atoms with Crippen LogP contribution in [-0.2, 0) is 9.53 Å². The summed E-state index contributed by atoms with van der Waals surface area (Å²) in [4.78, 5) is 26.0. The van der Waals surface area contributed by atoms with Crippen molar-refractivity contribution in [2.45, 2.75) is 13.3 Å². The quantitative estimate of drug-likeness (QED) is 0.825. The number of nitrogens with zero attached hydrogens (tertiary/aromatic N) is 1. The molecule has 1 fully saturated rings. The molecule has 0 saturated carbocycles. The van der Waals surface area contributed by atoms with Gasteiger partial charge in [-0.15, -0.1) is 0 Å². The van der Waals surface area contributed by atoms with Crippen molar-refractivity contribution in [3.63, 3.8) is 0 Å². The van der Waals surface area contributed by atoms with Crippen molar-refractivity contribution in [2.24, 2.45) is 0 Å². The molecule has 1 heterocycles. The summed E-state index contributed by atoms with van der Waals surface area (Å²) in [6, 6.07) is 6.99. The molecule has 0 spiro atoms. The largest absolute Gasteiger partial charge is 0.379 e. The first-order valence-electron chi connectivity index (χ1n) is 7.67. The Balaban J connectivity index is 1.88. The number of carbonyl (C=O) groups excluding carboxylic acids is 2. The minimum Gasteiger partial charge on any atom is -0.379 e. The molecule has 2 amide bonds. The van der Waals surface area contributed by atoms with Crippen LogP contribution in [0.1, 0.15) is 23.7 Å². The van der Waals surface area contributed by atoms with Gasteiger partial charge in [-0.1, -0.05) is 13.0 Å². The molecule has 1 aromatic rings. The Kier molecular flexibility index (Phi) is 6.36. The molecule has 0 unspecified atom stereocenters. The minimum absolute atomic E-state index is 0.0759. The van der Waals surface area contributed by atoms with Crippen LogP contribution in [0, 0.1) is 0 Å². The summed E-state index contributed by atoms with van der Waals surface area (Å²) in [6.45, 7) is 5.87. The van der Waals surface area contributed by atoms with Gasteiger partial charge in [-0.2, -0.15) is 0 Å². The number of ether oxygens (including phenoxy) is 1. The third-order valence-electron chi connectivity index (χ3n) is 3.41. The molecule has 1 aliphatic heterocycles. The second kappa shape index (κ2) is 8.51. The lowest BCUT2D eigenvalue weighted by Crippen LogP contribution is -2.41. The zero-order valence-electron chi connectivity index (χ0n) is 12.9. The Morgan fingerprint density at radius 3 is 2.77 bits per heavy atom. The number of hydrogen-bond acceptors (Lipinski definition) is 4. The molecular weight excluding hydrogens is 282 g/mol. The SMILES string of the molecule is CCCNC(=O)c1cccc(NC(=O)CN2CCOCC2)c1. The molecule has 6 heteroatoms. The number of anilines is 1. The second-order valence-corrected chi connectivity index (χ2v) is 5.27. The molecule has 2 N–H and O–H groups in total. The smallest absolute Gasteiger partial charge is 0.251 e. The Morgan fingerprint density at radius 2 is 2.05 bits per heavy atom. The third-order valence-corrected chi connectivity index (χ3v) is 3.41. The first-order valence-corrected chi connectivity index (χ1v) is 7.67. The summed E-state index contributed by atoms with van der Waals surface area (Å²) in [7, 11) is 0. The van der Waals surface area contributed by atoms with Gasteiger partial charge in [0.1, 0.15) is 0 Å². The van der Waals surface area contributed by atoms with Crippen molar-refractivity contribution in [2.75, 3.05) is 44.7 Å². The molecule has 120 valence electrons. The van der Waals surface area contributed by atoms with Crippen LogP contribution in [-0.4, -0.2) is 56.1 Å². The summed E-state index contributed by atoms with van der Waals surface area (Å²) in [6.07, 6.45) is 0.891. The normalized spacial score (nSPS) is 15.3. The fourth-order valence-electron chi connectivity index (χ4n) is 2.24. The Morgan fingerprint density at radius 1 is 1.27 bits per heavy atom. The van der Waals surface area contributed by atoms with Crippen LogP contribution in [0.5, 0.6) is 0 Å². The first kappa shape index (κ1) is 16.5. The standard InChI is InChI=1S/C16H23N3O3/c1-2-6-17-16(21)13-4-3-5-14(11-13)18-15(20)12-19-7-9-22-10-8-19/h3-5,11H,2,6-10,12H2,1H3,(H,17,21)(H,18,20). The van der Waals surface area contributed by atoms with Crippen LogP contribution in [0.4, 0.5) is 5.69 Å². The molecule has 1 aromatic carbocycles. The predicted octanol–water partition coefficient (Wildman–Crippen LogP) is 1.10. The van der Waals surface area contributed by atoms with Crippen LogP contribution in [0.15, 0.2) is 24.3 Å². The van der Waals surface area contributed by atoms with Gasteiger partial charge in [0, 0.05) is 30.9 Å². The van der Waals surface area contributed by atoms with Crippen molar-refractivity contribution in [1.29, 1.82) is 0 Å². The van der Waals surface area contributed by atoms with Gasteiger partial charge < -0.3 is 15.4 Å². The van der Waals surface area contributed by atoms with Crippen LogP contribution in [0.2, 0.25) is 0 Å². The Labute approximate surface area is 130 Å². The van der Waals surface area contributed by atoms with E-state index in [0.29, 0.717) is 37.6 Å². The van der Waals surface area contributed by atoms with Gasteiger partial charge in [0.2, 0.25) is 5.91 Å².